The number of fused-ring (bicyclic) bond motifs is 3. The Kier molecular flexibility index (Phi) is 7.47. The van der Waals surface area contributed by atoms with Crippen LogP contribution in [0.15, 0.2) is 48.5 Å². The van der Waals surface area contributed by atoms with Gasteiger partial charge in [-0.2, -0.15) is 0 Å². The highest BCUT2D eigenvalue weighted by Gasteiger charge is 2.34. The van der Waals surface area contributed by atoms with E-state index in [1.54, 1.807) is 0 Å². The average molecular weight is 467 g/mol. The number of amides is 2. The molecule has 8 heteroatoms. The first-order valence-corrected chi connectivity index (χ1v) is 11.7. The van der Waals surface area contributed by atoms with E-state index in [1.165, 1.54) is 0 Å². The van der Waals surface area contributed by atoms with Crippen molar-refractivity contribution in [3.63, 3.8) is 0 Å². The summed E-state index contributed by atoms with van der Waals surface area (Å²) in [6.07, 6.45) is 1.49. The van der Waals surface area contributed by atoms with Gasteiger partial charge in [-0.15, -0.1) is 0 Å². The minimum Gasteiger partial charge on any atom is -0.480 e. The number of aliphatic carboxylic acids is 1. The lowest BCUT2D eigenvalue weighted by Crippen LogP contribution is -2.43. The molecular weight excluding hydrogens is 436 g/mol. The summed E-state index contributed by atoms with van der Waals surface area (Å²) < 4.78 is 5.57. The molecular formula is C26H30N2O6. The van der Waals surface area contributed by atoms with Crippen LogP contribution in [0.3, 0.4) is 0 Å². The Morgan fingerprint density at radius 3 is 2.18 bits per heavy atom. The number of nitrogens with one attached hydrogen (secondary N) is 2. The molecule has 2 aliphatic rings. The monoisotopic (exact) mass is 466 g/mol. The molecule has 4 N–H and O–H groups in total. The lowest BCUT2D eigenvalue weighted by molar-refractivity contribution is -0.142. The second-order valence-corrected chi connectivity index (χ2v) is 8.98. The number of carboxylic acid groups (broad SMARTS) is 1. The summed E-state index contributed by atoms with van der Waals surface area (Å²) in [5.41, 5.74) is 4.60. The Balaban J connectivity index is 1.29. The molecule has 4 rings (SSSR count). The van der Waals surface area contributed by atoms with E-state index >= 15 is 0 Å². The molecule has 2 aliphatic carbocycles. The van der Waals surface area contributed by atoms with Crippen LogP contribution < -0.4 is 10.6 Å². The number of alkyl carbamates (subject to hydrolysis) is 1. The van der Waals surface area contributed by atoms with Gasteiger partial charge in [0.05, 0.1) is 0 Å². The standard InChI is InChI=1S/C26H30N2O6/c29-12-11-23(25(31)32)28-24(30)13-17(16-9-10-16)14-27-26(33)34-15-22-20-7-3-1-5-18(20)19-6-2-4-8-21(19)22/h1-8,16-17,22-23,29H,9-15H2,(H,27,33)(H,28,30)(H,31,32). The third-order valence-electron chi connectivity index (χ3n) is 6.64. The van der Waals surface area contributed by atoms with Gasteiger partial charge in [-0.05, 0) is 46.9 Å². The maximum Gasteiger partial charge on any atom is 0.407 e. The molecule has 0 aliphatic heterocycles. The average Bonchev–Trinajstić information content (AvgIpc) is 3.63. The highest BCUT2D eigenvalue weighted by Crippen LogP contribution is 2.44. The molecule has 2 aromatic carbocycles. The largest absolute Gasteiger partial charge is 0.480 e. The summed E-state index contributed by atoms with van der Waals surface area (Å²) >= 11 is 0. The van der Waals surface area contributed by atoms with Gasteiger partial charge in [0, 0.05) is 31.9 Å². The molecule has 0 radical (unpaired) electrons. The molecule has 2 amide bonds. The van der Waals surface area contributed by atoms with Crippen molar-refractivity contribution >= 4 is 18.0 Å². The maximum absolute atomic E-state index is 12.5. The van der Waals surface area contributed by atoms with Gasteiger partial charge < -0.3 is 25.6 Å². The van der Waals surface area contributed by atoms with Gasteiger partial charge in [0.2, 0.25) is 5.91 Å². The van der Waals surface area contributed by atoms with E-state index in [1.807, 2.05) is 24.3 Å². The summed E-state index contributed by atoms with van der Waals surface area (Å²) in [6.45, 7) is 0.176. The van der Waals surface area contributed by atoms with E-state index in [-0.39, 0.29) is 44.4 Å². The molecule has 0 aromatic heterocycles. The van der Waals surface area contributed by atoms with E-state index in [0.29, 0.717) is 5.92 Å². The predicted octanol–water partition coefficient (Wildman–Crippen LogP) is 2.89. The molecule has 1 saturated carbocycles. The minimum absolute atomic E-state index is 0.0253. The third kappa shape index (κ3) is 5.56. The summed E-state index contributed by atoms with van der Waals surface area (Å²) in [7, 11) is 0. The zero-order chi connectivity index (χ0) is 24.1. The highest BCUT2D eigenvalue weighted by atomic mass is 16.5. The van der Waals surface area contributed by atoms with Crippen molar-refractivity contribution in [1.29, 1.82) is 0 Å². The van der Waals surface area contributed by atoms with Gasteiger partial charge in [-0.1, -0.05) is 48.5 Å². The van der Waals surface area contributed by atoms with E-state index in [9.17, 15) is 14.4 Å². The Morgan fingerprint density at radius 2 is 1.62 bits per heavy atom. The van der Waals surface area contributed by atoms with Crippen LogP contribution in [0, 0.1) is 11.8 Å². The first kappa shape index (κ1) is 23.8. The van der Waals surface area contributed by atoms with Crippen LogP contribution in [0.4, 0.5) is 4.79 Å². The first-order valence-electron chi connectivity index (χ1n) is 11.7. The van der Waals surface area contributed by atoms with Crippen molar-refractivity contribution < 1.29 is 29.3 Å². The number of rotatable bonds is 11. The molecule has 0 bridgehead atoms. The summed E-state index contributed by atoms with van der Waals surface area (Å²) in [5.74, 6) is -1.37. The van der Waals surface area contributed by atoms with Gasteiger partial charge in [0.25, 0.3) is 0 Å². The van der Waals surface area contributed by atoms with Crippen LogP contribution in [0.2, 0.25) is 0 Å². The number of carbonyl (C=O) groups excluding carboxylic acids is 2. The normalized spacial score (nSPS) is 16.1. The quantitative estimate of drug-likeness (QED) is 0.404. The SMILES string of the molecule is O=C(CC(CNC(=O)OCC1c2ccccc2-c2ccccc21)C1CC1)NC(CCO)C(=O)O. The number of aliphatic hydroxyl groups is 1. The zero-order valence-corrected chi connectivity index (χ0v) is 18.9. The zero-order valence-electron chi connectivity index (χ0n) is 18.9. The van der Waals surface area contributed by atoms with Crippen LogP contribution in [-0.2, 0) is 14.3 Å². The van der Waals surface area contributed by atoms with Crippen LogP contribution in [0.1, 0.15) is 42.7 Å². The number of ether oxygens (including phenoxy) is 1. The van der Waals surface area contributed by atoms with Gasteiger partial charge in [0.1, 0.15) is 12.6 Å². The minimum atomic E-state index is -1.18. The van der Waals surface area contributed by atoms with E-state index in [0.717, 1.165) is 35.1 Å². The fraction of sp³-hybridized carbons (Fsp3) is 0.423. The van der Waals surface area contributed by atoms with Crippen molar-refractivity contribution in [2.75, 3.05) is 19.8 Å². The number of carbonyl (C=O) groups is 3. The Bertz CT molecular complexity index is 1010. The van der Waals surface area contributed by atoms with Crippen molar-refractivity contribution in [1.82, 2.24) is 10.6 Å². The smallest absolute Gasteiger partial charge is 0.407 e. The molecule has 2 aromatic rings. The van der Waals surface area contributed by atoms with Crippen molar-refractivity contribution in [3.05, 3.63) is 59.7 Å². The predicted molar refractivity (Wildman–Crippen MR) is 125 cm³/mol. The molecule has 0 saturated heterocycles. The Morgan fingerprint density at radius 1 is 1.00 bits per heavy atom. The van der Waals surface area contributed by atoms with E-state index in [2.05, 4.69) is 34.9 Å². The first-order chi connectivity index (χ1) is 16.5. The third-order valence-corrected chi connectivity index (χ3v) is 6.64. The van der Waals surface area contributed by atoms with Crippen molar-refractivity contribution in [2.45, 2.75) is 37.6 Å². The van der Waals surface area contributed by atoms with Crippen LogP contribution in [-0.4, -0.2) is 54.0 Å². The lowest BCUT2D eigenvalue weighted by Gasteiger charge is -2.19. The lowest BCUT2D eigenvalue weighted by atomic mass is 9.98. The van der Waals surface area contributed by atoms with Crippen LogP contribution >= 0.6 is 0 Å². The number of aliphatic hydroxyl groups excluding tert-OH is 1. The molecule has 0 heterocycles. The van der Waals surface area contributed by atoms with Crippen LogP contribution in [0.25, 0.3) is 11.1 Å². The van der Waals surface area contributed by atoms with Crippen molar-refractivity contribution in [2.24, 2.45) is 11.8 Å². The summed E-state index contributed by atoms with van der Waals surface area (Å²) in [4.78, 5) is 36.0. The Labute approximate surface area is 198 Å². The van der Waals surface area contributed by atoms with Gasteiger partial charge in [-0.3, -0.25) is 4.79 Å². The number of benzene rings is 2. The number of hydrogen-bond donors (Lipinski definition) is 4. The Hall–Kier alpha value is -3.39. The van der Waals surface area contributed by atoms with Gasteiger partial charge >= 0.3 is 12.1 Å². The summed E-state index contributed by atoms with van der Waals surface area (Å²) in [5, 5.41) is 23.4. The van der Waals surface area contributed by atoms with Gasteiger partial charge in [0.15, 0.2) is 0 Å². The van der Waals surface area contributed by atoms with Crippen molar-refractivity contribution in [3.8, 4) is 11.1 Å². The van der Waals surface area contributed by atoms with Gasteiger partial charge in [-0.25, -0.2) is 9.59 Å². The van der Waals surface area contributed by atoms with E-state index in [4.69, 9.17) is 14.9 Å². The molecule has 2 unspecified atom stereocenters. The fourth-order valence-corrected chi connectivity index (χ4v) is 4.71. The van der Waals surface area contributed by atoms with Crippen LogP contribution in [0.5, 0.6) is 0 Å². The molecule has 180 valence electrons. The molecule has 1 fully saturated rings. The maximum atomic E-state index is 12.5. The number of hydrogen-bond acceptors (Lipinski definition) is 5. The fourth-order valence-electron chi connectivity index (χ4n) is 4.71. The molecule has 34 heavy (non-hydrogen) atoms. The second kappa shape index (κ2) is 10.7. The summed E-state index contributed by atoms with van der Waals surface area (Å²) in [6, 6.07) is 15.1. The second-order valence-electron chi connectivity index (χ2n) is 8.98. The number of carboxylic acids is 1. The molecule has 0 spiro atoms. The topological polar surface area (TPSA) is 125 Å². The molecule has 2 atom stereocenters. The molecule has 8 nitrogen and oxygen atoms in total. The highest BCUT2D eigenvalue weighted by molar-refractivity contribution is 5.83. The van der Waals surface area contributed by atoms with E-state index < -0.39 is 24.0 Å².